The fraction of sp³-hybridized carbons (Fsp3) is 0.571. The van der Waals surface area contributed by atoms with Crippen molar-refractivity contribution in [2.45, 2.75) is 45.1 Å². The zero-order valence-corrected chi connectivity index (χ0v) is 10.5. The first-order valence-corrected chi connectivity index (χ1v) is 6.51. The standard InChI is InChI=1S/C14H18F3N/c1-2-9-4-3-5-11(6-9)18-14-12(16)7-10(15)8-13(14)17/h7-9,11,18H,2-6H2,1H3. The van der Waals surface area contributed by atoms with E-state index in [1.807, 2.05) is 0 Å². The first-order chi connectivity index (χ1) is 8.60. The lowest BCUT2D eigenvalue weighted by Gasteiger charge is -2.30. The van der Waals surface area contributed by atoms with Gasteiger partial charge in [0, 0.05) is 18.2 Å². The Morgan fingerprint density at radius 3 is 2.44 bits per heavy atom. The zero-order valence-electron chi connectivity index (χ0n) is 10.5. The summed E-state index contributed by atoms with van der Waals surface area (Å²) in [6.07, 6.45) is 5.18. The van der Waals surface area contributed by atoms with Crippen LogP contribution in [0.3, 0.4) is 0 Å². The Morgan fingerprint density at radius 1 is 1.17 bits per heavy atom. The van der Waals surface area contributed by atoms with Gasteiger partial charge in [-0.15, -0.1) is 0 Å². The highest BCUT2D eigenvalue weighted by Crippen LogP contribution is 2.30. The third-order valence-electron chi connectivity index (χ3n) is 3.72. The number of hydrogen-bond donors (Lipinski definition) is 1. The van der Waals surface area contributed by atoms with Crippen molar-refractivity contribution in [3.8, 4) is 0 Å². The maximum atomic E-state index is 13.5. The average molecular weight is 257 g/mol. The van der Waals surface area contributed by atoms with Crippen LogP contribution in [-0.2, 0) is 0 Å². The minimum atomic E-state index is -0.884. The summed E-state index contributed by atoms with van der Waals surface area (Å²) in [6.45, 7) is 2.13. The van der Waals surface area contributed by atoms with Gasteiger partial charge in [0.2, 0.25) is 0 Å². The number of nitrogens with one attached hydrogen (secondary N) is 1. The SMILES string of the molecule is CCC1CCCC(Nc2c(F)cc(F)cc2F)C1. The summed E-state index contributed by atoms with van der Waals surface area (Å²) < 4.78 is 39.8. The highest BCUT2D eigenvalue weighted by atomic mass is 19.1. The lowest BCUT2D eigenvalue weighted by Crippen LogP contribution is -2.28. The lowest BCUT2D eigenvalue weighted by molar-refractivity contribution is 0.326. The van der Waals surface area contributed by atoms with Crippen LogP contribution < -0.4 is 5.32 Å². The van der Waals surface area contributed by atoms with E-state index < -0.39 is 17.5 Å². The van der Waals surface area contributed by atoms with Crippen molar-refractivity contribution in [3.63, 3.8) is 0 Å². The second-order valence-electron chi connectivity index (χ2n) is 5.03. The molecule has 0 saturated heterocycles. The van der Waals surface area contributed by atoms with Gasteiger partial charge >= 0.3 is 0 Å². The molecule has 2 unspecified atom stereocenters. The molecule has 0 bridgehead atoms. The van der Waals surface area contributed by atoms with Crippen molar-refractivity contribution >= 4 is 5.69 Å². The number of rotatable bonds is 3. The van der Waals surface area contributed by atoms with Gasteiger partial charge in [0.05, 0.1) is 0 Å². The van der Waals surface area contributed by atoms with Crippen LogP contribution >= 0.6 is 0 Å². The van der Waals surface area contributed by atoms with Crippen molar-refractivity contribution in [2.75, 3.05) is 5.32 Å². The molecular weight excluding hydrogens is 239 g/mol. The van der Waals surface area contributed by atoms with E-state index >= 15 is 0 Å². The van der Waals surface area contributed by atoms with Gasteiger partial charge in [0.25, 0.3) is 0 Å². The highest BCUT2D eigenvalue weighted by molar-refractivity contribution is 5.47. The molecule has 2 rings (SSSR count). The van der Waals surface area contributed by atoms with Crippen molar-refractivity contribution < 1.29 is 13.2 Å². The molecule has 1 aromatic carbocycles. The molecule has 0 aromatic heterocycles. The fourth-order valence-corrected chi connectivity index (χ4v) is 2.68. The summed E-state index contributed by atoms with van der Waals surface area (Å²) >= 11 is 0. The van der Waals surface area contributed by atoms with Crippen LogP contribution in [0.4, 0.5) is 18.9 Å². The molecule has 1 saturated carbocycles. The van der Waals surface area contributed by atoms with Crippen LogP contribution in [0.2, 0.25) is 0 Å². The maximum absolute atomic E-state index is 13.5. The Bertz CT molecular complexity index is 396. The molecule has 1 nitrogen and oxygen atoms in total. The predicted molar refractivity (Wildman–Crippen MR) is 66.0 cm³/mol. The van der Waals surface area contributed by atoms with E-state index in [4.69, 9.17) is 0 Å². The normalized spacial score (nSPS) is 24.0. The van der Waals surface area contributed by atoms with E-state index in [1.165, 1.54) is 6.42 Å². The molecule has 1 fully saturated rings. The van der Waals surface area contributed by atoms with E-state index in [0.717, 1.165) is 25.7 Å². The number of halogens is 3. The Labute approximate surface area is 105 Å². The Balaban J connectivity index is 2.09. The molecule has 1 aliphatic carbocycles. The molecule has 18 heavy (non-hydrogen) atoms. The molecule has 1 aromatic rings. The third kappa shape index (κ3) is 2.98. The fourth-order valence-electron chi connectivity index (χ4n) is 2.68. The Morgan fingerprint density at radius 2 is 1.83 bits per heavy atom. The molecule has 0 aliphatic heterocycles. The third-order valence-corrected chi connectivity index (χ3v) is 3.72. The van der Waals surface area contributed by atoms with E-state index in [-0.39, 0.29) is 11.7 Å². The van der Waals surface area contributed by atoms with Crippen molar-refractivity contribution in [3.05, 3.63) is 29.6 Å². The van der Waals surface area contributed by atoms with Gasteiger partial charge in [-0.25, -0.2) is 13.2 Å². The molecule has 4 heteroatoms. The first-order valence-electron chi connectivity index (χ1n) is 6.51. The molecule has 2 atom stereocenters. The molecule has 0 amide bonds. The molecule has 0 spiro atoms. The molecule has 0 radical (unpaired) electrons. The number of anilines is 1. The quantitative estimate of drug-likeness (QED) is 0.841. The zero-order chi connectivity index (χ0) is 13.1. The van der Waals surface area contributed by atoms with Gasteiger partial charge in [-0.3, -0.25) is 0 Å². The van der Waals surface area contributed by atoms with Crippen LogP contribution in [0, 0.1) is 23.4 Å². The van der Waals surface area contributed by atoms with Gasteiger partial charge < -0.3 is 5.32 Å². The Hall–Kier alpha value is -1.19. The van der Waals surface area contributed by atoms with Crippen LogP contribution in [0.1, 0.15) is 39.0 Å². The monoisotopic (exact) mass is 257 g/mol. The second-order valence-corrected chi connectivity index (χ2v) is 5.03. The maximum Gasteiger partial charge on any atom is 0.152 e. The van der Waals surface area contributed by atoms with Crippen LogP contribution in [-0.4, -0.2) is 6.04 Å². The molecule has 100 valence electrons. The lowest BCUT2D eigenvalue weighted by atomic mass is 9.84. The van der Waals surface area contributed by atoms with Crippen LogP contribution in [0.25, 0.3) is 0 Å². The molecule has 0 heterocycles. The van der Waals surface area contributed by atoms with Crippen molar-refractivity contribution in [1.29, 1.82) is 0 Å². The highest BCUT2D eigenvalue weighted by Gasteiger charge is 2.22. The first kappa shape index (κ1) is 13.2. The number of benzene rings is 1. The van der Waals surface area contributed by atoms with Crippen molar-refractivity contribution in [1.82, 2.24) is 0 Å². The molecule has 1 aliphatic rings. The minimum Gasteiger partial charge on any atom is -0.378 e. The second kappa shape index (κ2) is 5.63. The van der Waals surface area contributed by atoms with Crippen LogP contribution in [0.15, 0.2) is 12.1 Å². The van der Waals surface area contributed by atoms with E-state index in [1.54, 1.807) is 0 Å². The topological polar surface area (TPSA) is 12.0 Å². The average Bonchev–Trinajstić information content (AvgIpc) is 2.34. The van der Waals surface area contributed by atoms with Gasteiger partial charge in [0.1, 0.15) is 11.5 Å². The summed E-state index contributed by atoms with van der Waals surface area (Å²) in [5, 5.41) is 2.89. The van der Waals surface area contributed by atoms with Crippen LogP contribution in [0.5, 0.6) is 0 Å². The number of hydrogen-bond acceptors (Lipinski definition) is 1. The van der Waals surface area contributed by atoms with Gasteiger partial charge in [0.15, 0.2) is 11.6 Å². The van der Waals surface area contributed by atoms with E-state index in [2.05, 4.69) is 12.2 Å². The summed E-state index contributed by atoms with van der Waals surface area (Å²) in [7, 11) is 0. The summed E-state index contributed by atoms with van der Waals surface area (Å²) in [5.41, 5.74) is -0.196. The summed E-state index contributed by atoms with van der Waals surface area (Å²) in [6, 6.07) is 1.51. The molecule has 1 N–H and O–H groups in total. The largest absolute Gasteiger partial charge is 0.378 e. The minimum absolute atomic E-state index is 0.0816. The van der Waals surface area contributed by atoms with E-state index in [9.17, 15) is 13.2 Å². The van der Waals surface area contributed by atoms with Gasteiger partial charge in [-0.1, -0.05) is 26.2 Å². The van der Waals surface area contributed by atoms with Crippen molar-refractivity contribution in [2.24, 2.45) is 5.92 Å². The smallest absolute Gasteiger partial charge is 0.152 e. The molecular formula is C14H18F3N. The summed E-state index contributed by atoms with van der Waals surface area (Å²) in [5.74, 6) is -1.98. The van der Waals surface area contributed by atoms with Gasteiger partial charge in [-0.2, -0.15) is 0 Å². The van der Waals surface area contributed by atoms with E-state index in [0.29, 0.717) is 18.1 Å². The summed E-state index contributed by atoms with van der Waals surface area (Å²) in [4.78, 5) is 0. The Kier molecular flexibility index (Phi) is 4.15. The predicted octanol–water partition coefficient (Wildman–Crippen LogP) is 4.48. The van der Waals surface area contributed by atoms with Gasteiger partial charge in [-0.05, 0) is 18.8 Å².